The number of aromatic nitrogens is 3. The maximum absolute atomic E-state index is 11.0. The fourth-order valence-electron chi connectivity index (χ4n) is 4.77. The van der Waals surface area contributed by atoms with Crippen LogP contribution in [0.3, 0.4) is 0 Å². The van der Waals surface area contributed by atoms with Crippen LogP contribution < -0.4 is 4.74 Å². The van der Waals surface area contributed by atoms with Crippen LogP contribution in [0.4, 0.5) is 0 Å². The zero-order valence-electron chi connectivity index (χ0n) is 23.5. The van der Waals surface area contributed by atoms with Gasteiger partial charge in [0.25, 0.3) is 0 Å². The van der Waals surface area contributed by atoms with E-state index < -0.39 is 0 Å². The molecule has 1 unspecified atom stereocenters. The van der Waals surface area contributed by atoms with Crippen molar-refractivity contribution >= 4 is 0 Å². The van der Waals surface area contributed by atoms with Gasteiger partial charge in [0.05, 0.1) is 12.2 Å². The van der Waals surface area contributed by atoms with E-state index in [1.54, 1.807) is 6.07 Å². The van der Waals surface area contributed by atoms with Gasteiger partial charge < -0.3 is 9.84 Å². The molecule has 0 spiro atoms. The van der Waals surface area contributed by atoms with Gasteiger partial charge in [0.1, 0.15) is 11.5 Å². The molecule has 0 saturated heterocycles. The van der Waals surface area contributed by atoms with Gasteiger partial charge in [0.15, 0.2) is 17.5 Å². The lowest BCUT2D eigenvalue weighted by Gasteiger charge is -2.16. The summed E-state index contributed by atoms with van der Waals surface area (Å²) >= 11 is 0. The predicted molar refractivity (Wildman–Crippen MR) is 156 cm³/mol. The summed E-state index contributed by atoms with van der Waals surface area (Å²) in [5, 5.41) is 11.0. The number of benzene rings is 3. The van der Waals surface area contributed by atoms with Crippen LogP contribution in [-0.2, 0) is 0 Å². The quantitative estimate of drug-likeness (QED) is 0.232. The molecule has 1 N–H and O–H groups in total. The molecule has 0 saturated carbocycles. The molecular weight excluding hydrogens is 470 g/mol. The van der Waals surface area contributed by atoms with E-state index in [0.717, 1.165) is 35.1 Å². The van der Waals surface area contributed by atoms with Crippen molar-refractivity contribution in [2.45, 2.75) is 67.2 Å². The fraction of sp³-hybridized carbons (Fsp3) is 0.364. The molecule has 5 nitrogen and oxygen atoms in total. The first-order valence-electron chi connectivity index (χ1n) is 13.7. The van der Waals surface area contributed by atoms with E-state index in [2.05, 4.69) is 77.9 Å². The van der Waals surface area contributed by atoms with Gasteiger partial charge in [0, 0.05) is 17.2 Å². The first kappa shape index (κ1) is 27.3. The average Bonchev–Trinajstić information content (AvgIpc) is 2.88. The van der Waals surface area contributed by atoms with E-state index in [1.165, 1.54) is 24.0 Å². The van der Waals surface area contributed by atoms with Crippen molar-refractivity contribution in [1.82, 2.24) is 15.0 Å². The van der Waals surface area contributed by atoms with Crippen LogP contribution in [0.15, 0.2) is 54.6 Å². The third kappa shape index (κ3) is 6.39. The van der Waals surface area contributed by atoms with Crippen LogP contribution in [-0.4, -0.2) is 26.7 Å². The van der Waals surface area contributed by atoms with Crippen LogP contribution in [0.2, 0.25) is 0 Å². The zero-order valence-corrected chi connectivity index (χ0v) is 23.5. The average molecular weight is 510 g/mol. The fourth-order valence-corrected chi connectivity index (χ4v) is 4.77. The van der Waals surface area contributed by atoms with Crippen LogP contribution in [0.1, 0.15) is 61.8 Å². The van der Waals surface area contributed by atoms with Crippen molar-refractivity contribution in [1.29, 1.82) is 0 Å². The number of aryl methyl sites for hydroxylation is 4. The van der Waals surface area contributed by atoms with Gasteiger partial charge in [-0.2, -0.15) is 0 Å². The van der Waals surface area contributed by atoms with Gasteiger partial charge in [-0.1, -0.05) is 80.6 Å². The SMILES string of the molecule is CCCCC(CC)COc1ccc(-c2nc(-c3ccc(C)cc3C)nc(-c3ccc(C)cc3C)n2)c(O)c1. The Morgan fingerprint density at radius 2 is 1.24 bits per heavy atom. The summed E-state index contributed by atoms with van der Waals surface area (Å²) in [6.07, 6.45) is 4.63. The Labute approximate surface area is 227 Å². The Bertz CT molecular complexity index is 1340. The largest absolute Gasteiger partial charge is 0.507 e. The van der Waals surface area contributed by atoms with Crippen LogP contribution in [0.25, 0.3) is 34.2 Å². The Morgan fingerprint density at radius 1 is 0.711 bits per heavy atom. The highest BCUT2D eigenvalue weighted by Gasteiger charge is 2.17. The van der Waals surface area contributed by atoms with Crippen molar-refractivity contribution < 1.29 is 9.84 Å². The molecule has 0 aliphatic carbocycles. The molecule has 5 heteroatoms. The molecule has 1 heterocycles. The molecule has 0 aliphatic heterocycles. The zero-order chi connectivity index (χ0) is 27.2. The highest BCUT2D eigenvalue weighted by atomic mass is 16.5. The van der Waals surface area contributed by atoms with Gasteiger partial charge in [-0.15, -0.1) is 0 Å². The Kier molecular flexibility index (Phi) is 8.77. The van der Waals surface area contributed by atoms with Crippen molar-refractivity contribution in [3.63, 3.8) is 0 Å². The monoisotopic (exact) mass is 509 g/mol. The molecule has 4 aromatic rings. The van der Waals surface area contributed by atoms with Gasteiger partial charge >= 0.3 is 0 Å². The minimum Gasteiger partial charge on any atom is -0.507 e. The van der Waals surface area contributed by atoms with Gasteiger partial charge in [-0.05, 0) is 63.3 Å². The number of rotatable bonds is 10. The molecule has 0 aliphatic rings. The van der Waals surface area contributed by atoms with Gasteiger partial charge in [-0.25, -0.2) is 15.0 Å². The second-order valence-electron chi connectivity index (χ2n) is 10.3. The first-order valence-corrected chi connectivity index (χ1v) is 13.7. The van der Waals surface area contributed by atoms with Crippen LogP contribution in [0.5, 0.6) is 11.5 Å². The van der Waals surface area contributed by atoms with Crippen molar-refractivity contribution in [3.8, 4) is 45.7 Å². The van der Waals surface area contributed by atoms with Gasteiger partial charge in [-0.3, -0.25) is 0 Å². The number of unbranched alkanes of at least 4 members (excludes halogenated alkanes) is 1. The Morgan fingerprint density at radius 3 is 1.71 bits per heavy atom. The summed E-state index contributed by atoms with van der Waals surface area (Å²) in [4.78, 5) is 14.5. The van der Waals surface area contributed by atoms with Crippen molar-refractivity contribution in [3.05, 3.63) is 76.9 Å². The van der Waals surface area contributed by atoms with E-state index >= 15 is 0 Å². The predicted octanol–water partition coefficient (Wildman–Crippen LogP) is 8.41. The molecular formula is C33H39N3O2. The topological polar surface area (TPSA) is 68.1 Å². The lowest BCUT2D eigenvalue weighted by atomic mass is 10.0. The van der Waals surface area contributed by atoms with E-state index in [1.807, 2.05) is 12.1 Å². The third-order valence-electron chi connectivity index (χ3n) is 7.12. The van der Waals surface area contributed by atoms with E-state index in [0.29, 0.717) is 41.3 Å². The number of hydrogen-bond acceptors (Lipinski definition) is 5. The molecule has 3 aromatic carbocycles. The van der Waals surface area contributed by atoms with Gasteiger partial charge in [0.2, 0.25) is 0 Å². The smallest absolute Gasteiger partial charge is 0.167 e. The summed E-state index contributed by atoms with van der Waals surface area (Å²) in [7, 11) is 0. The molecule has 0 fully saturated rings. The maximum Gasteiger partial charge on any atom is 0.167 e. The maximum atomic E-state index is 11.0. The molecule has 0 amide bonds. The van der Waals surface area contributed by atoms with E-state index in [4.69, 9.17) is 19.7 Å². The summed E-state index contributed by atoms with van der Waals surface area (Å²) < 4.78 is 6.05. The second-order valence-corrected chi connectivity index (χ2v) is 10.3. The number of phenolic OH excluding ortho intramolecular Hbond substituents is 1. The summed E-state index contributed by atoms with van der Waals surface area (Å²) in [5.74, 6) is 2.87. The number of hydrogen-bond donors (Lipinski definition) is 1. The summed E-state index contributed by atoms with van der Waals surface area (Å²) in [6, 6.07) is 17.9. The molecule has 1 aromatic heterocycles. The number of aromatic hydroxyl groups is 1. The lowest BCUT2D eigenvalue weighted by Crippen LogP contribution is -2.11. The molecule has 4 rings (SSSR count). The first-order chi connectivity index (χ1) is 18.3. The second kappa shape index (κ2) is 12.2. The van der Waals surface area contributed by atoms with Crippen molar-refractivity contribution in [2.75, 3.05) is 6.61 Å². The normalized spacial score (nSPS) is 11.9. The van der Waals surface area contributed by atoms with E-state index in [-0.39, 0.29) is 5.75 Å². The number of nitrogens with zero attached hydrogens (tertiary/aromatic N) is 3. The summed E-state index contributed by atoms with van der Waals surface area (Å²) in [5.41, 5.74) is 7.00. The Hall–Kier alpha value is -3.73. The van der Waals surface area contributed by atoms with Crippen molar-refractivity contribution in [2.24, 2.45) is 5.92 Å². The minimum atomic E-state index is 0.0912. The third-order valence-corrected chi connectivity index (χ3v) is 7.12. The lowest BCUT2D eigenvalue weighted by molar-refractivity contribution is 0.232. The highest BCUT2D eigenvalue weighted by molar-refractivity contribution is 5.72. The number of ether oxygens (including phenoxy) is 1. The highest BCUT2D eigenvalue weighted by Crippen LogP contribution is 2.34. The molecule has 1 atom stereocenters. The van der Waals surface area contributed by atoms with Crippen LogP contribution >= 0.6 is 0 Å². The minimum absolute atomic E-state index is 0.0912. The Balaban J connectivity index is 1.74. The molecule has 38 heavy (non-hydrogen) atoms. The summed E-state index contributed by atoms with van der Waals surface area (Å²) in [6.45, 7) is 13.3. The number of phenols is 1. The van der Waals surface area contributed by atoms with E-state index in [9.17, 15) is 5.11 Å². The standard InChI is InChI=1S/C33H39N3O2/c1-7-9-10-25(8-2)20-38-26-13-16-29(30(37)19-26)33-35-31(27-14-11-21(3)17-23(27)5)34-32(36-33)28-15-12-22(4)18-24(28)6/h11-19,25,37H,7-10,20H2,1-6H3. The molecule has 198 valence electrons. The van der Waals surface area contributed by atoms with Crippen LogP contribution in [0, 0.1) is 33.6 Å². The molecule has 0 radical (unpaired) electrons. The molecule has 0 bridgehead atoms.